The van der Waals surface area contributed by atoms with Gasteiger partial charge in [0.2, 0.25) is 0 Å². The number of benzene rings is 1. The van der Waals surface area contributed by atoms with E-state index in [9.17, 15) is 5.11 Å². The van der Waals surface area contributed by atoms with Crippen LogP contribution in [0.15, 0.2) is 48.7 Å². The molecule has 2 heterocycles. The lowest BCUT2D eigenvalue weighted by Gasteiger charge is -2.29. The summed E-state index contributed by atoms with van der Waals surface area (Å²) in [6.45, 7) is 0. The molecule has 0 amide bonds. The fraction of sp³-hybridized carbons (Fsp3) is 0.333. The summed E-state index contributed by atoms with van der Waals surface area (Å²) in [6.07, 6.45) is 5.53. The Hall–Kier alpha value is -2.40. The third-order valence-electron chi connectivity index (χ3n) is 4.49. The smallest absolute Gasteiger partial charge is 0.157 e. The fourth-order valence-electron chi connectivity index (χ4n) is 3.24. The molecule has 23 heavy (non-hydrogen) atoms. The van der Waals surface area contributed by atoms with Crippen molar-refractivity contribution in [1.82, 2.24) is 14.6 Å². The summed E-state index contributed by atoms with van der Waals surface area (Å²) in [5.74, 6) is 0.879. The van der Waals surface area contributed by atoms with Crippen molar-refractivity contribution >= 4 is 11.5 Å². The highest BCUT2D eigenvalue weighted by molar-refractivity contribution is 5.66. The first-order valence-electron chi connectivity index (χ1n) is 8.16. The Kier molecular flexibility index (Phi) is 3.71. The van der Waals surface area contributed by atoms with Gasteiger partial charge in [-0.3, -0.25) is 0 Å². The van der Waals surface area contributed by atoms with Gasteiger partial charge in [-0.05, 0) is 12.8 Å². The number of aliphatic hydroxyl groups is 1. The highest BCUT2D eigenvalue weighted by atomic mass is 16.3. The first-order valence-corrected chi connectivity index (χ1v) is 8.16. The van der Waals surface area contributed by atoms with Gasteiger partial charge in [0.1, 0.15) is 5.82 Å². The zero-order valence-electron chi connectivity index (χ0n) is 12.9. The molecule has 5 nitrogen and oxygen atoms in total. The maximum atomic E-state index is 10.2. The highest BCUT2D eigenvalue weighted by Crippen LogP contribution is 2.26. The molecule has 1 aliphatic carbocycles. The van der Waals surface area contributed by atoms with Gasteiger partial charge in [-0.1, -0.05) is 43.2 Å². The van der Waals surface area contributed by atoms with Crippen molar-refractivity contribution in [1.29, 1.82) is 0 Å². The number of fused-ring (bicyclic) bond motifs is 1. The molecule has 0 aliphatic heterocycles. The minimum absolute atomic E-state index is 0.0715. The zero-order chi connectivity index (χ0) is 15.6. The second-order valence-electron chi connectivity index (χ2n) is 6.10. The summed E-state index contributed by atoms with van der Waals surface area (Å²) < 4.78 is 1.80. The van der Waals surface area contributed by atoms with Gasteiger partial charge in [0.15, 0.2) is 5.65 Å². The molecule has 5 heteroatoms. The largest absolute Gasteiger partial charge is 0.391 e. The van der Waals surface area contributed by atoms with Gasteiger partial charge in [-0.2, -0.15) is 9.61 Å². The number of nitrogens with one attached hydrogen (secondary N) is 1. The number of aromatic nitrogens is 3. The van der Waals surface area contributed by atoms with Crippen molar-refractivity contribution in [2.75, 3.05) is 5.32 Å². The topological polar surface area (TPSA) is 62.5 Å². The molecule has 4 rings (SSSR count). The van der Waals surface area contributed by atoms with Crippen LogP contribution in [0.25, 0.3) is 16.9 Å². The van der Waals surface area contributed by atoms with Gasteiger partial charge in [-0.15, -0.1) is 0 Å². The molecule has 1 aliphatic rings. The Balaban J connectivity index is 1.74. The molecule has 0 saturated heterocycles. The molecule has 1 saturated carbocycles. The molecule has 3 aromatic rings. The lowest BCUT2D eigenvalue weighted by Crippen LogP contribution is -2.36. The van der Waals surface area contributed by atoms with Gasteiger partial charge in [0, 0.05) is 17.7 Å². The lowest BCUT2D eigenvalue weighted by molar-refractivity contribution is 0.116. The SMILES string of the molecule is O[C@H]1CCCC[C@@H]1Nc1cc(-c2ccccc2)nc2ccnn12. The Labute approximate surface area is 135 Å². The van der Waals surface area contributed by atoms with Gasteiger partial charge in [0.25, 0.3) is 0 Å². The van der Waals surface area contributed by atoms with Crippen LogP contribution in [0.4, 0.5) is 5.82 Å². The van der Waals surface area contributed by atoms with Crippen LogP contribution in [0.3, 0.4) is 0 Å². The van der Waals surface area contributed by atoms with E-state index in [-0.39, 0.29) is 12.1 Å². The van der Waals surface area contributed by atoms with Crippen LogP contribution in [-0.4, -0.2) is 31.9 Å². The number of aliphatic hydroxyl groups excluding tert-OH is 1. The summed E-state index contributed by atoms with van der Waals surface area (Å²) in [6, 6.07) is 14.1. The van der Waals surface area contributed by atoms with E-state index >= 15 is 0 Å². The number of hydrogen-bond donors (Lipinski definition) is 2. The van der Waals surface area contributed by atoms with Crippen molar-refractivity contribution in [3.8, 4) is 11.3 Å². The number of rotatable bonds is 3. The summed E-state index contributed by atoms with van der Waals surface area (Å²) in [5.41, 5.74) is 2.79. The number of nitrogens with zero attached hydrogens (tertiary/aromatic N) is 3. The van der Waals surface area contributed by atoms with Gasteiger partial charge in [-0.25, -0.2) is 4.98 Å². The van der Waals surface area contributed by atoms with Crippen LogP contribution in [0, 0.1) is 0 Å². The molecule has 0 radical (unpaired) electrons. The van der Waals surface area contributed by atoms with E-state index in [4.69, 9.17) is 0 Å². The van der Waals surface area contributed by atoms with Gasteiger partial charge in [0.05, 0.1) is 24.0 Å². The second-order valence-corrected chi connectivity index (χ2v) is 6.10. The first-order chi connectivity index (χ1) is 11.3. The molecule has 2 atom stereocenters. The van der Waals surface area contributed by atoms with E-state index in [1.165, 1.54) is 0 Å². The molecule has 2 N–H and O–H groups in total. The summed E-state index contributed by atoms with van der Waals surface area (Å²) >= 11 is 0. The normalized spacial score (nSPS) is 21.4. The summed E-state index contributed by atoms with van der Waals surface area (Å²) in [7, 11) is 0. The monoisotopic (exact) mass is 308 g/mol. The van der Waals surface area contributed by atoms with Crippen LogP contribution in [-0.2, 0) is 0 Å². The molecule has 2 aromatic heterocycles. The predicted octanol–water partition coefficient (Wildman–Crippen LogP) is 3.11. The Morgan fingerprint density at radius 3 is 2.74 bits per heavy atom. The van der Waals surface area contributed by atoms with E-state index in [1.807, 2.05) is 30.3 Å². The van der Waals surface area contributed by atoms with Crippen molar-refractivity contribution in [3.63, 3.8) is 0 Å². The third-order valence-corrected chi connectivity index (χ3v) is 4.49. The second kappa shape index (κ2) is 6.01. The molecule has 0 spiro atoms. The molecule has 118 valence electrons. The standard InChI is InChI=1S/C18H20N4O/c23-16-9-5-4-8-14(16)20-18-12-15(13-6-2-1-3-7-13)21-17-10-11-19-22(17)18/h1-3,6-7,10-12,14,16,20,23H,4-5,8-9H2/t14-,16-/m0/s1. The average Bonchev–Trinajstić information content (AvgIpc) is 3.06. The maximum Gasteiger partial charge on any atom is 0.157 e. The Morgan fingerprint density at radius 2 is 1.91 bits per heavy atom. The van der Waals surface area contributed by atoms with Crippen molar-refractivity contribution in [2.45, 2.75) is 37.8 Å². The Morgan fingerprint density at radius 1 is 1.09 bits per heavy atom. The van der Waals surface area contributed by atoms with E-state index in [2.05, 4.69) is 27.5 Å². The first kappa shape index (κ1) is 14.2. The van der Waals surface area contributed by atoms with E-state index in [0.717, 1.165) is 48.4 Å². The number of hydrogen-bond acceptors (Lipinski definition) is 4. The Bertz CT molecular complexity index is 799. The summed E-state index contributed by atoms with van der Waals surface area (Å²) in [4.78, 5) is 4.68. The van der Waals surface area contributed by atoms with Gasteiger partial charge >= 0.3 is 0 Å². The molecular formula is C18H20N4O. The van der Waals surface area contributed by atoms with E-state index in [0.29, 0.717) is 0 Å². The zero-order valence-corrected chi connectivity index (χ0v) is 12.9. The van der Waals surface area contributed by atoms with E-state index < -0.39 is 0 Å². The molecule has 0 bridgehead atoms. The average molecular weight is 308 g/mol. The summed E-state index contributed by atoms with van der Waals surface area (Å²) in [5, 5.41) is 18.1. The maximum absolute atomic E-state index is 10.2. The van der Waals surface area contributed by atoms with Gasteiger partial charge < -0.3 is 10.4 Å². The lowest BCUT2D eigenvalue weighted by atomic mass is 9.92. The van der Waals surface area contributed by atoms with Crippen molar-refractivity contribution in [3.05, 3.63) is 48.7 Å². The highest BCUT2D eigenvalue weighted by Gasteiger charge is 2.23. The molecule has 1 fully saturated rings. The fourth-order valence-corrected chi connectivity index (χ4v) is 3.24. The van der Waals surface area contributed by atoms with Crippen LogP contribution in [0.5, 0.6) is 0 Å². The predicted molar refractivity (Wildman–Crippen MR) is 90.3 cm³/mol. The molecular weight excluding hydrogens is 288 g/mol. The van der Waals surface area contributed by atoms with Crippen LogP contribution >= 0.6 is 0 Å². The van der Waals surface area contributed by atoms with E-state index in [1.54, 1.807) is 10.7 Å². The minimum Gasteiger partial charge on any atom is -0.391 e. The van der Waals surface area contributed by atoms with Crippen LogP contribution in [0.2, 0.25) is 0 Å². The molecule has 0 unspecified atom stereocenters. The molecule has 1 aromatic carbocycles. The quantitative estimate of drug-likeness (QED) is 0.780. The van der Waals surface area contributed by atoms with Crippen LogP contribution < -0.4 is 5.32 Å². The van der Waals surface area contributed by atoms with Crippen LogP contribution in [0.1, 0.15) is 25.7 Å². The van der Waals surface area contributed by atoms with Crippen molar-refractivity contribution in [2.24, 2.45) is 0 Å². The minimum atomic E-state index is -0.303. The third kappa shape index (κ3) is 2.80. The number of anilines is 1. The van der Waals surface area contributed by atoms with Crippen molar-refractivity contribution < 1.29 is 5.11 Å².